The van der Waals surface area contributed by atoms with E-state index in [0.29, 0.717) is 0 Å². The topological polar surface area (TPSA) is 198 Å². The van der Waals surface area contributed by atoms with Gasteiger partial charge in [0.25, 0.3) is 0 Å². The molecule has 0 aromatic rings. The van der Waals surface area contributed by atoms with Gasteiger partial charge in [0.05, 0.1) is 0 Å². The molecule has 20 heteroatoms. The molecule has 0 saturated heterocycles. The summed E-state index contributed by atoms with van der Waals surface area (Å²) in [6, 6.07) is 0. The molecule has 0 aliphatic heterocycles. The van der Waals surface area contributed by atoms with Gasteiger partial charge in [0.15, 0.2) is 0 Å². The summed E-state index contributed by atoms with van der Waals surface area (Å²) in [6.07, 6.45) is 0. The normalized spacial score (nSPS) is 19.0. The number of hydrogen-bond donors (Lipinski definition) is 0. The van der Waals surface area contributed by atoms with Gasteiger partial charge < -0.3 is 62.6 Å². The van der Waals surface area contributed by atoms with Crippen molar-refractivity contribution < 1.29 is 62.6 Å². The Kier molecular flexibility index (Phi) is 14.2. The maximum atomic E-state index is 12.3. The van der Waals surface area contributed by atoms with Crippen LogP contribution < -0.4 is 24.0 Å². The first kappa shape index (κ1) is 33.9. The Hall–Kier alpha value is 0.741. The van der Waals surface area contributed by atoms with Crippen molar-refractivity contribution in [3.63, 3.8) is 0 Å². The van der Waals surface area contributed by atoms with Crippen molar-refractivity contribution in [2.24, 2.45) is 0 Å². The van der Waals surface area contributed by atoms with E-state index in [9.17, 15) is 24.0 Å². The largest absolute Gasteiger partial charge is 0.829 e. The van der Waals surface area contributed by atoms with Gasteiger partial charge in [-0.05, 0) is 39.3 Å². The molecule has 0 amide bonds. The first-order valence-electron chi connectivity index (χ1n) is 8.72. The fourth-order valence-corrected chi connectivity index (χ4v) is 12.6. The monoisotopic (exact) mass is 557 g/mol. The minimum absolute atomic E-state index is 0.756. The van der Waals surface area contributed by atoms with Crippen LogP contribution in [0.15, 0.2) is 0 Å². The number of hydrogen-bond acceptors (Lipinski definition) is 14. The smallest absolute Gasteiger partial charge is 0.392 e. The molecular formula is C11H33O14Si6-5. The maximum Gasteiger partial charge on any atom is 0.392 e. The highest BCUT2D eigenvalue weighted by atomic mass is 28.5. The predicted molar refractivity (Wildman–Crippen MR) is 109 cm³/mol. The summed E-state index contributed by atoms with van der Waals surface area (Å²) in [5.74, 6) is 0. The Morgan fingerprint density at radius 3 is 1.13 bits per heavy atom. The Morgan fingerprint density at radius 2 is 0.839 bits per heavy atom. The van der Waals surface area contributed by atoms with E-state index in [2.05, 4.69) is 21.2 Å². The van der Waals surface area contributed by atoms with E-state index in [0.717, 1.165) is 27.3 Å². The zero-order chi connectivity index (χ0) is 25.4. The van der Waals surface area contributed by atoms with Gasteiger partial charge in [-0.2, -0.15) is 0 Å². The van der Waals surface area contributed by atoms with Crippen LogP contribution in [0.5, 0.6) is 0 Å². The number of rotatable bonds is 13. The van der Waals surface area contributed by atoms with Crippen LogP contribution in [0, 0.1) is 0 Å². The quantitative estimate of drug-likeness (QED) is 0.196. The SMILES string of the molecule is CO[Si](C)(C)OC.CO[Si](C)(C)O[Si]([O-])(OC)O[Si]([O-])([O-])O[Si](C)([O-])O[Si](C)([O-])OC. The summed E-state index contributed by atoms with van der Waals surface area (Å²) in [6.45, 7) is 8.64. The summed E-state index contributed by atoms with van der Waals surface area (Å²) < 4.78 is 42.1. The lowest BCUT2D eigenvalue weighted by Crippen LogP contribution is -2.81. The average Bonchev–Trinajstić information content (AvgIpc) is 2.59. The molecule has 0 spiro atoms. The van der Waals surface area contributed by atoms with Gasteiger partial charge in [-0.3, -0.25) is 0 Å². The molecule has 0 fully saturated rings. The molecule has 0 N–H and O–H groups in total. The van der Waals surface area contributed by atoms with Crippen molar-refractivity contribution in [1.29, 1.82) is 0 Å². The van der Waals surface area contributed by atoms with Crippen molar-refractivity contribution in [1.82, 2.24) is 0 Å². The second-order valence-electron chi connectivity index (χ2n) is 6.95. The zero-order valence-corrected chi connectivity index (χ0v) is 25.7. The summed E-state index contributed by atoms with van der Waals surface area (Å²) >= 11 is 0. The molecule has 0 bridgehead atoms. The van der Waals surface area contributed by atoms with Gasteiger partial charge in [0.1, 0.15) is 9.05 Å². The third-order valence-corrected chi connectivity index (χ3v) is 18.0. The minimum Gasteiger partial charge on any atom is -0.829 e. The van der Waals surface area contributed by atoms with E-state index < -0.39 is 52.8 Å². The van der Waals surface area contributed by atoms with Gasteiger partial charge in [0, 0.05) is 35.5 Å². The van der Waals surface area contributed by atoms with Gasteiger partial charge in [-0.1, -0.05) is 0 Å². The van der Waals surface area contributed by atoms with E-state index >= 15 is 0 Å². The van der Waals surface area contributed by atoms with Crippen LogP contribution in [-0.4, -0.2) is 88.4 Å². The van der Waals surface area contributed by atoms with Crippen molar-refractivity contribution in [3.05, 3.63) is 0 Å². The highest BCUT2D eigenvalue weighted by Gasteiger charge is 2.38. The Balaban J connectivity index is 0. The van der Waals surface area contributed by atoms with E-state index in [-0.39, 0.29) is 0 Å². The molecule has 0 saturated carbocycles. The van der Waals surface area contributed by atoms with Crippen LogP contribution in [0.1, 0.15) is 0 Å². The first-order valence-corrected chi connectivity index (χ1v) is 22.1. The molecule has 0 heterocycles. The molecule has 3 atom stereocenters. The lowest BCUT2D eigenvalue weighted by Gasteiger charge is -2.58. The molecule has 0 aromatic heterocycles. The van der Waals surface area contributed by atoms with Crippen LogP contribution >= 0.6 is 0 Å². The summed E-state index contributed by atoms with van der Waals surface area (Å²) in [5.41, 5.74) is 0. The summed E-state index contributed by atoms with van der Waals surface area (Å²) in [7, 11) is -17.7. The molecule has 3 unspecified atom stereocenters. The lowest BCUT2D eigenvalue weighted by atomic mass is 11.8. The third kappa shape index (κ3) is 16.1. The van der Waals surface area contributed by atoms with Crippen LogP contribution in [0.4, 0.5) is 0 Å². The first-order chi connectivity index (χ1) is 13.6. The maximum absolute atomic E-state index is 12.3. The molecule has 190 valence electrons. The minimum atomic E-state index is -5.80. The van der Waals surface area contributed by atoms with Crippen molar-refractivity contribution in [2.45, 2.75) is 39.3 Å². The van der Waals surface area contributed by atoms with E-state index in [1.54, 1.807) is 14.2 Å². The van der Waals surface area contributed by atoms with Crippen molar-refractivity contribution >= 4 is 52.8 Å². The summed E-state index contributed by atoms with van der Waals surface area (Å²) in [4.78, 5) is 59.7. The van der Waals surface area contributed by atoms with Gasteiger partial charge >= 0.3 is 26.2 Å². The summed E-state index contributed by atoms with van der Waals surface area (Å²) in [5, 5.41) is 0. The van der Waals surface area contributed by atoms with Gasteiger partial charge in [-0.15, -0.1) is 0 Å². The van der Waals surface area contributed by atoms with Gasteiger partial charge in [-0.25, -0.2) is 0 Å². The Labute approximate surface area is 190 Å². The van der Waals surface area contributed by atoms with E-state index in [1.807, 2.05) is 13.1 Å². The van der Waals surface area contributed by atoms with E-state index in [4.69, 9.17) is 17.4 Å². The standard InChI is InChI=1S/C7H21O12Si5.C4H12O2Si/c1-13-20(4,5)16-24(12,15-3)19-23(10,11)18-22(7,9)17-21(6,8)14-2;1-5-7(3,4)6-2/h1-7H3;1-4H3/q-5;. The van der Waals surface area contributed by atoms with Crippen LogP contribution in [0.2, 0.25) is 39.3 Å². The predicted octanol–water partition coefficient (Wildman–Crippen LogP) is -4.52. The van der Waals surface area contributed by atoms with Gasteiger partial charge in [0.2, 0.25) is 17.6 Å². The molecular weight excluding hydrogens is 525 g/mol. The third-order valence-electron chi connectivity index (χ3n) is 3.40. The highest BCUT2D eigenvalue weighted by molar-refractivity contribution is 6.79. The Bertz CT molecular complexity index is 515. The van der Waals surface area contributed by atoms with Crippen molar-refractivity contribution in [2.75, 3.05) is 35.5 Å². The van der Waals surface area contributed by atoms with E-state index in [1.165, 1.54) is 20.2 Å². The molecule has 0 aliphatic rings. The zero-order valence-electron chi connectivity index (χ0n) is 19.7. The fourth-order valence-electron chi connectivity index (χ4n) is 1.33. The molecule has 0 rings (SSSR count). The second kappa shape index (κ2) is 13.0. The fraction of sp³-hybridized carbons (Fsp3) is 1.00. The molecule has 31 heavy (non-hydrogen) atoms. The molecule has 14 nitrogen and oxygen atoms in total. The second-order valence-corrected chi connectivity index (χ2v) is 23.3. The van der Waals surface area contributed by atoms with Crippen molar-refractivity contribution in [3.8, 4) is 0 Å². The average molecular weight is 558 g/mol. The highest BCUT2D eigenvalue weighted by Crippen LogP contribution is 2.16. The lowest BCUT2D eigenvalue weighted by molar-refractivity contribution is -0.445. The Morgan fingerprint density at radius 1 is 0.419 bits per heavy atom. The molecule has 0 aliphatic carbocycles. The van der Waals surface area contributed by atoms with Crippen LogP contribution in [-0.2, 0) is 38.6 Å². The molecule has 0 radical (unpaired) electrons. The van der Waals surface area contributed by atoms with Crippen LogP contribution in [0.25, 0.3) is 0 Å². The molecule has 0 aromatic carbocycles. The van der Waals surface area contributed by atoms with Crippen LogP contribution in [0.3, 0.4) is 0 Å².